The highest BCUT2D eigenvalue weighted by atomic mass is 32.2. The number of carboxylic acids is 1. The van der Waals surface area contributed by atoms with Crippen LogP contribution < -0.4 is 9.64 Å². The number of hydrogen-bond donors (Lipinski definition) is 1. The maximum absolute atomic E-state index is 10.7. The van der Waals surface area contributed by atoms with Crippen molar-refractivity contribution in [1.29, 1.82) is 0 Å². The summed E-state index contributed by atoms with van der Waals surface area (Å²) in [5, 5.41) is 10.1. The number of carbonyl (C=O) groups is 1. The van der Waals surface area contributed by atoms with Crippen LogP contribution in [0.5, 0.6) is 5.75 Å². The zero-order valence-electron chi connectivity index (χ0n) is 26.1. The average molecular weight is 632 g/mol. The summed E-state index contributed by atoms with van der Waals surface area (Å²) >= 11 is 3.67. The van der Waals surface area contributed by atoms with Crippen molar-refractivity contribution >= 4 is 35.2 Å². The first-order chi connectivity index (χ1) is 21.4. The molecule has 0 radical (unpaired) electrons. The van der Waals surface area contributed by atoms with Gasteiger partial charge in [0.25, 0.3) is 0 Å². The zero-order valence-corrected chi connectivity index (χ0v) is 27.7. The molecule has 0 bridgehead atoms. The van der Waals surface area contributed by atoms with E-state index in [1.165, 1.54) is 69.3 Å². The Morgan fingerprint density at radius 3 is 2.64 bits per heavy atom. The maximum Gasteiger partial charge on any atom is 0.303 e. The van der Waals surface area contributed by atoms with Crippen LogP contribution in [-0.2, 0) is 14.9 Å². The van der Waals surface area contributed by atoms with Crippen LogP contribution >= 0.6 is 23.5 Å². The summed E-state index contributed by atoms with van der Waals surface area (Å²) in [4.78, 5) is 16.9. The van der Waals surface area contributed by atoms with Gasteiger partial charge in [-0.2, -0.15) is 0 Å². The molecular formula is C37H45NO4S2. The molecule has 0 saturated heterocycles. The number of unbranched alkanes of at least 4 members (excludes halogenated alkanes) is 2. The number of thioether (sulfide) groups is 2. The fourth-order valence-corrected chi connectivity index (χ4v) is 9.38. The number of fused-ring (bicyclic) bond motifs is 7. The summed E-state index contributed by atoms with van der Waals surface area (Å²) in [6.07, 6.45) is 13.6. The average Bonchev–Trinajstić information content (AvgIpc) is 3.38. The van der Waals surface area contributed by atoms with Gasteiger partial charge in [0.2, 0.25) is 0 Å². The highest BCUT2D eigenvalue weighted by molar-refractivity contribution is 8.04. The van der Waals surface area contributed by atoms with E-state index in [0.29, 0.717) is 18.4 Å². The summed E-state index contributed by atoms with van der Waals surface area (Å²) < 4.78 is 13.0. The smallest absolute Gasteiger partial charge is 0.303 e. The van der Waals surface area contributed by atoms with E-state index in [0.717, 1.165) is 42.9 Å². The molecule has 4 heterocycles. The van der Waals surface area contributed by atoms with Crippen molar-refractivity contribution in [2.45, 2.75) is 112 Å². The molecule has 1 spiro atoms. The van der Waals surface area contributed by atoms with Crippen LogP contribution in [0.1, 0.15) is 90.0 Å². The highest BCUT2D eigenvalue weighted by Gasteiger charge is 2.44. The zero-order chi connectivity index (χ0) is 30.7. The highest BCUT2D eigenvalue weighted by Crippen LogP contribution is 2.56. The summed E-state index contributed by atoms with van der Waals surface area (Å²) in [6.45, 7) is 10.4. The molecule has 234 valence electrons. The summed E-state index contributed by atoms with van der Waals surface area (Å²) in [5.74, 6) is 0.143. The van der Waals surface area contributed by atoms with Crippen LogP contribution in [0.3, 0.4) is 0 Å². The largest absolute Gasteiger partial charge is 0.494 e. The fraction of sp³-hybridized carbons (Fsp3) is 0.486. The number of aliphatic carboxylic acids is 1. The second-order valence-electron chi connectivity index (χ2n) is 12.6. The number of nitrogens with zero attached hydrogens (tertiary/aromatic N) is 1. The molecule has 0 aromatic heterocycles. The van der Waals surface area contributed by atoms with E-state index in [1.54, 1.807) is 0 Å². The molecule has 2 unspecified atom stereocenters. The van der Waals surface area contributed by atoms with Gasteiger partial charge in [0.1, 0.15) is 5.75 Å². The molecule has 2 aromatic carbocycles. The predicted octanol–water partition coefficient (Wildman–Crippen LogP) is 9.87. The number of rotatable bonds is 7. The Morgan fingerprint density at radius 1 is 1.05 bits per heavy atom. The number of benzene rings is 2. The summed E-state index contributed by atoms with van der Waals surface area (Å²) in [7, 11) is 0. The van der Waals surface area contributed by atoms with E-state index in [9.17, 15) is 4.79 Å². The van der Waals surface area contributed by atoms with Gasteiger partial charge in [-0.05, 0) is 92.2 Å². The van der Waals surface area contributed by atoms with Gasteiger partial charge in [-0.15, -0.1) is 0 Å². The maximum atomic E-state index is 10.7. The first kappa shape index (κ1) is 31.4. The third-order valence-corrected chi connectivity index (χ3v) is 11.7. The van der Waals surface area contributed by atoms with E-state index in [4.69, 9.17) is 14.6 Å². The van der Waals surface area contributed by atoms with Crippen molar-refractivity contribution in [2.24, 2.45) is 0 Å². The molecule has 7 rings (SSSR count). The van der Waals surface area contributed by atoms with Gasteiger partial charge in [-0.25, -0.2) is 0 Å². The van der Waals surface area contributed by atoms with Gasteiger partial charge in [0.15, 0.2) is 0 Å². The van der Waals surface area contributed by atoms with Crippen molar-refractivity contribution in [2.75, 3.05) is 18.1 Å². The van der Waals surface area contributed by atoms with E-state index in [-0.39, 0.29) is 18.6 Å². The lowest BCUT2D eigenvalue weighted by Gasteiger charge is -2.44. The lowest BCUT2D eigenvalue weighted by atomic mass is 9.61. The summed E-state index contributed by atoms with van der Waals surface area (Å²) in [6, 6.07) is 15.4. The Hall–Kier alpha value is -2.61. The van der Waals surface area contributed by atoms with Crippen LogP contribution in [0.25, 0.3) is 0 Å². The van der Waals surface area contributed by atoms with Crippen LogP contribution in [0.15, 0.2) is 86.0 Å². The van der Waals surface area contributed by atoms with Crippen LogP contribution in [0.2, 0.25) is 0 Å². The standard InChI is InChI=1S/C34H37NO4S2.C3H8/c1-22-24-21-25-29(39-28(24)13-17-34(15-7-16-34)26-8-4-5-9-30(26)40-22)14-18-35-27-20-23(11-12-31(27)41-33(25)35)38-19-6-2-3-10-32(36)37;1-3-2/h4-5,8-9,11-12,20-21,28-29H,1-3,6-7,10,13-19H2,(H,36,37);3H2,1-2H3. The SMILES string of the molecule is C=C1Sc2ccccc2C2(CCC2)CCC2OC3CCN4C(=C3C=C12)Sc1ccc(OCCCCCC(=O)O)cc14.CCC. The Labute approximate surface area is 271 Å². The first-order valence-corrected chi connectivity index (χ1v) is 18.1. The van der Waals surface area contributed by atoms with Gasteiger partial charge in [0, 0.05) is 39.3 Å². The third kappa shape index (κ3) is 6.38. The lowest BCUT2D eigenvalue weighted by molar-refractivity contribution is -0.137. The normalized spacial score (nSPS) is 22.8. The van der Waals surface area contributed by atoms with Gasteiger partial charge in [0.05, 0.1) is 29.5 Å². The second kappa shape index (κ2) is 13.8. The quantitative estimate of drug-likeness (QED) is 0.305. The minimum Gasteiger partial charge on any atom is -0.494 e. The van der Waals surface area contributed by atoms with Crippen LogP contribution in [-0.4, -0.2) is 36.4 Å². The van der Waals surface area contributed by atoms with Crippen molar-refractivity contribution < 1.29 is 19.4 Å². The van der Waals surface area contributed by atoms with Crippen molar-refractivity contribution in [3.8, 4) is 5.75 Å². The van der Waals surface area contributed by atoms with Crippen molar-refractivity contribution in [3.63, 3.8) is 0 Å². The van der Waals surface area contributed by atoms with Gasteiger partial charge in [-0.3, -0.25) is 4.79 Å². The molecule has 7 heteroatoms. The van der Waals surface area contributed by atoms with E-state index < -0.39 is 5.97 Å². The molecule has 1 fully saturated rings. The van der Waals surface area contributed by atoms with Gasteiger partial charge >= 0.3 is 5.97 Å². The minimum absolute atomic E-state index is 0.104. The predicted molar refractivity (Wildman–Crippen MR) is 182 cm³/mol. The molecule has 5 nitrogen and oxygen atoms in total. The molecule has 1 saturated carbocycles. The van der Waals surface area contributed by atoms with Crippen molar-refractivity contribution in [1.82, 2.24) is 0 Å². The molecule has 4 aliphatic heterocycles. The topological polar surface area (TPSA) is 59.0 Å². The van der Waals surface area contributed by atoms with Crippen LogP contribution in [0.4, 0.5) is 5.69 Å². The molecule has 2 aromatic rings. The molecule has 44 heavy (non-hydrogen) atoms. The lowest BCUT2D eigenvalue weighted by Crippen LogP contribution is -2.40. The number of carboxylic acid groups (broad SMARTS) is 1. The Balaban J connectivity index is 0.00000110. The Bertz CT molecular complexity index is 1460. The minimum atomic E-state index is -0.731. The molecule has 0 amide bonds. The monoisotopic (exact) mass is 631 g/mol. The fourth-order valence-electron chi connectivity index (χ4n) is 7.04. The molecule has 2 atom stereocenters. The van der Waals surface area contributed by atoms with Crippen molar-refractivity contribution in [3.05, 3.63) is 81.8 Å². The molecular weight excluding hydrogens is 587 g/mol. The Kier molecular flexibility index (Phi) is 9.84. The third-order valence-electron chi connectivity index (χ3n) is 9.38. The molecule has 1 aliphatic carbocycles. The number of anilines is 1. The van der Waals surface area contributed by atoms with E-state index >= 15 is 0 Å². The van der Waals surface area contributed by atoms with E-state index in [1.807, 2.05) is 23.5 Å². The van der Waals surface area contributed by atoms with E-state index in [2.05, 4.69) is 73.9 Å². The van der Waals surface area contributed by atoms with Gasteiger partial charge in [-0.1, -0.05) is 75.0 Å². The number of ether oxygens (including phenoxy) is 2. The summed E-state index contributed by atoms with van der Waals surface area (Å²) in [5.41, 5.74) is 5.57. The second-order valence-corrected chi connectivity index (χ2v) is 14.8. The van der Waals surface area contributed by atoms with Gasteiger partial charge < -0.3 is 19.5 Å². The molecule has 5 aliphatic rings. The Morgan fingerprint density at radius 2 is 1.86 bits per heavy atom. The number of hydrogen-bond acceptors (Lipinski definition) is 6. The van der Waals surface area contributed by atoms with Crippen LogP contribution in [0, 0.1) is 0 Å². The first-order valence-electron chi connectivity index (χ1n) is 16.4. The molecule has 1 N–H and O–H groups in total.